The Morgan fingerprint density at radius 3 is 2.62 bits per heavy atom. The maximum atomic E-state index is 13.7. The Balaban J connectivity index is 1.57. The van der Waals surface area contributed by atoms with Crippen LogP contribution in [0.15, 0.2) is 43.0 Å². The van der Waals surface area contributed by atoms with Gasteiger partial charge in [0.1, 0.15) is 35.9 Å². The van der Waals surface area contributed by atoms with Crippen molar-refractivity contribution in [2.24, 2.45) is 0 Å². The van der Waals surface area contributed by atoms with Gasteiger partial charge in [-0.3, -0.25) is 18.9 Å². The summed E-state index contributed by atoms with van der Waals surface area (Å²) in [6.07, 6.45) is -0.626. The van der Waals surface area contributed by atoms with Crippen LogP contribution in [0.3, 0.4) is 0 Å². The number of nitrogens with one attached hydrogen (secondary N) is 2. The Morgan fingerprint density at radius 2 is 1.98 bits per heavy atom. The lowest BCUT2D eigenvalue weighted by atomic mass is 9.96. The van der Waals surface area contributed by atoms with E-state index < -0.39 is 60.4 Å². The second-order valence-corrected chi connectivity index (χ2v) is 13.1. The molecule has 3 heterocycles. The third-order valence-electron chi connectivity index (χ3n) is 6.25. The highest BCUT2D eigenvalue weighted by atomic mass is 32.2. The number of aliphatic hydroxyl groups is 2. The van der Waals surface area contributed by atoms with Crippen molar-refractivity contribution in [3.05, 3.63) is 43.0 Å². The number of hydrazine groups is 1. The minimum absolute atomic E-state index is 0.118. The summed E-state index contributed by atoms with van der Waals surface area (Å²) in [5.41, 5.74) is -1.60. The molecule has 1 saturated heterocycles. The third-order valence-corrected chi connectivity index (χ3v) is 8.50. The summed E-state index contributed by atoms with van der Waals surface area (Å²) in [5, 5.41) is 25.9. The van der Waals surface area contributed by atoms with Gasteiger partial charge in [-0.25, -0.2) is 27.9 Å². The zero-order valence-electron chi connectivity index (χ0n) is 23.3. The van der Waals surface area contributed by atoms with Gasteiger partial charge in [0.2, 0.25) is 10.0 Å². The number of esters is 1. The molecule has 1 aromatic carbocycles. The molecule has 1 aliphatic heterocycles. The number of aliphatic hydroxyl groups excluding tert-OH is 1. The number of aromatic nitrogens is 4. The molecule has 0 radical (unpaired) electrons. The van der Waals surface area contributed by atoms with Crippen LogP contribution in [0.25, 0.3) is 11.2 Å². The molecule has 0 bridgehead atoms. The van der Waals surface area contributed by atoms with Crippen LogP contribution < -0.4 is 19.5 Å². The SMILES string of the molecule is COC(=O)C(C)NP(=O)(OC[C@H]1O[C@@H](n2cnc3c(N(C)NS(C)(=O)=O)ncnc32)[C@](C)(O)[C@@H]1O)Oc1ccccc1. The van der Waals surface area contributed by atoms with Gasteiger partial charge in [0.25, 0.3) is 0 Å². The summed E-state index contributed by atoms with van der Waals surface area (Å²) in [6.45, 7) is 2.19. The molecule has 0 amide bonds. The van der Waals surface area contributed by atoms with Crippen LogP contribution >= 0.6 is 7.75 Å². The van der Waals surface area contributed by atoms with E-state index in [2.05, 4.69) is 29.6 Å². The monoisotopic (exact) mass is 629 g/mol. The largest absolute Gasteiger partial charge is 0.468 e. The van der Waals surface area contributed by atoms with E-state index in [1.807, 2.05) is 0 Å². The van der Waals surface area contributed by atoms with E-state index in [-0.39, 0.29) is 22.7 Å². The number of imidazole rings is 1. The van der Waals surface area contributed by atoms with Gasteiger partial charge < -0.3 is 24.2 Å². The Kier molecular flexibility index (Phi) is 9.19. The van der Waals surface area contributed by atoms with Crippen molar-refractivity contribution < 1.29 is 46.5 Å². The predicted molar refractivity (Wildman–Crippen MR) is 147 cm³/mol. The number of ether oxygens (including phenoxy) is 2. The lowest BCUT2D eigenvalue weighted by Gasteiger charge is -2.27. The van der Waals surface area contributed by atoms with Crippen molar-refractivity contribution in [2.45, 2.75) is 43.9 Å². The molecular formula is C23H32N7O10PS. The molecule has 42 heavy (non-hydrogen) atoms. The number of hydrogen-bond donors (Lipinski definition) is 4. The molecule has 1 fully saturated rings. The molecule has 2 aromatic heterocycles. The molecule has 19 heteroatoms. The average Bonchev–Trinajstić information content (AvgIpc) is 3.44. The number of anilines is 1. The van der Waals surface area contributed by atoms with Crippen LogP contribution in [0.4, 0.5) is 5.82 Å². The standard InChI is InChI=1S/C23H32N7O10PS/c1-14(21(32)37-4)27-41(34,40-15-9-7-6-8-10-15)38-11-16-18(31)23(2,33)22(39-16)30-13-26-17-19(24-12-25-20(17)30)29(3)28-42(5,35)36/h6-10,12-14,16,18,22,28,31,33H,11H2,1-5H3,(H,27,34)/t14?,16-,18-,22-,23-,41?/m1/s1. The van der Waals surface area contributed by atoms with Crippen LogP contribution in [0.5, 0.6) is 5.75 Å². The second-order valence-electron chi connectivity index (χ2n) is 9.71. The van der Waals surface area contributed by atoms with Gasteiger partial charge in [-0.2, -0.15) is 5.09 Å². The number of methoxy groups -OCH3 is 1. The van der Waals surface area contributed by atoms with Gasteiger partial charge in [-0.1, -0.05) is 18.2 Å². The van der Waals surface area contributed by atoms with Crippen molar-refractivity contribution in [1.29, 1.82) is 0 Å². The first-order chi connectivity index (χ1) is 19.6. The zero-order valence-corrected chi connectivity index (χ0v) is 25.0. The fourth-order valence-corrected chi connectivity index (χ4v) is 6.36. The number of nitrogens with zero attached hydrogens (tertiary/aromatic N) is 5. The summed E-state index contributed by atoms with van der Waals surface area (Å²) < 4.78 is 60.2. The highest BCUT2D eigenvalue weighted by Gasteiger charge is 2.54. The van der Waals surface area contributed by atoms with E-state index in [1.54, 1.807) is 18.2 Å². The predicted octanol–water partition coefficient (Wildman–Crippen LogP) is 0.0908. The van der Waals surface area contributed by atoms with Gasteiger partial charge in [0, 0.05) is 7.05 Å². The van der Waals surface area contributed by atoms with E-state index >= 15 is 0 Å². The highest BCUT2D eigenvalue weighted by molar-refractivity contribution is 7.88. The number of carbonyl (C=O) groups is 1. The summed E-state index contributed by atoms with van der Waals surface area (Å²) in [6, 6.07) is 7.00. The van der Waals surface area contributed by atoms with Crippen LogP contribution in [-0.2, 0) is 33.4 Å². The number of benzene rings is 1. The molecule has 4 rings (SSSR count). The summed E-state index contributed by atoms with van der Waals surface area (Å²) in [5.74, 6) is -0.424. The van der Waals surface area contributed by atoms with Crippen molar-refractivity contribution in [3.63, 3.8) is 0 Å². The quantitative estimate of drug-likeness (QED) is 0.119. The summed E-state index contributed by atoms with van der Waals surface area (Å²) in [4.78, 5) is 26.8. The summed E-state index contributed by atoms with van der Waals surface area (Å²) >= 11 is 0. The molecule has 0 aliphatic carbocycles. The molecule has 17 nitrogen and oxygen atoms in total. The van der Waals surface area contributed by atoms with Crippen molar-refractivity contribution in [3.8, 4) is 5.75 Å². The first-order valence-electron chi connectivity index (χ1n) is 12.4. The van der Waals surface area contributed by atoms with Crippen LogP contribution in [0, 0.1) is 0 Å². The van der Waals surface area contributed by atoms with Gasteiger partial charge >= 0.3 is 13.7 Å². The van der Waals surface area contributed by atoms with Gasteiger partial charge in [0.05, 0.1) is 26.3 Å². The first-order valence-corrected chi connectivity index (χ1v) is 15.9. The van der Waals surface area contributed by atoms with E-state index in [4.69, 9.17) is 13.8 Å². The lowest BCUT2D eigenvalue weighted by molar-refractivity contribution is -0.142. The topological polar surface area (TPSA) is 217 Å². The van der Waals surface area contributed by atoms with E-state index in [9.17, 15) is 28.0 Å². The maximum absolute atomic E-state index is 13.7. The molecule has 0 saturated carbocycles. The number of hydrogen-bond acceptors (Lipinski definition) is 14. The smallest absolute Gasteiger partial charge is 0.459 e. The van der Waals surface area contributed by atoms with Crippen LogP contribution in [0.2, 0.25) is 0 Å². The Labute approximate surface area is 241 Å². The number of fused-ring (bicyclic) bond motifs is 1. The molecular weight excluding hydrogens is 597 g/mol. The van der Waals surface area contributed by atoms with Crippen molar-refractivity contribution in [2.75, 3.05) is 32.0 Å². The number of para-hydroxylation sites is 1. The van der Waals surface area contributed by atoms with Gasteiger partial charge in [-0.15, -0.1) is 4.83 Å². The molecule has 230 valence electrons. The number of rotatable bonds is 12. The molecule has 2 unspecified atom stereocenters. The van der Waals surface area contributed by atoms with Gasteiger partial charge in [0.15, 0.2) is 23.2 Å². The van der Waals surface area contributed by atoms with Gasteiger partial charge in [-0.05, 0) is 26.0 Å². The molecule has 4 N–H and O–H groups in total. The third kappa shape index (κ3) is 6.87. The van der Waals surface area contributed by atoms with E-state index in [0.717, 1.165) is 11.3 Å². The van der Waals surface area contributed by atoms with Crippen molar-refractivity contribution in [1.82, 2.24) is 29.4 Å². The molecule has 0 spiro atoms. The number of carbonyl (C=O) groups excluding carboxylic acids is 1. The number of sulfonamides is 1. The maximum Gasteiger partial charge on any atom is 0.459 e. The van der Waals surface area contributed by atoms with Crippen LogP contribution in [-0.4, -0.2) is 95.0 Å². The Hall–Kier alpha value is -3.22. The Morgan fingerprint density at radius 1 is 1.29 bits per heavy atom. The second kappa shape index (κ2) is 12.2. The molecule has 1 aliphatic rings. The minimum Gasteiger partial charge on any atom is -0.468 e. The normalized spacial score (nSPS) is 24.7. The van der Waals surface area contributed by atoms with Crippen LogP contribution in [0.1, 0.15) is 20.1 Å². The van der Waals surface area contributed by atoms with E-state index in [1.165, 1.54) is 57.4 Å². The molecule has 6 atom stereocenters. The lowest BCUT2D eigenvalue weighted by Crippen LogP contribution is -2.44. The van der Waals surface area contributed by atoms with Crippen molar-refractivity contribution >= 4 is 40.7 Å². The minimum atomic E-state index is -4.26. The fraction of sp³-hybridized carbons (Fsp3) is 0.478. The fourth-order valence-electron chi connectivity index (χ4n) is 4.27. The van der Waals surface area contributed by atoms with E-state index in [0.29, 0.717) is 0 Å². The Bertz CT molecular complexity index is 1570. The average molecular weight is 630 g/mol. The summed E-state index contributed by atoms with van der Waals surface area (Å²) in [7, 11) is -5.30. The zero-order chi connectivity index (χ0) is 30.9. The molecule has 3 aromatic rings. The first kappa shape index (κ1) is 31.7. The highest BCUT2D eigenvalue weighted by Crippen LogP contribution is 2.47.